The number of nitrogens with one attached hydrogen (secondary N) is 2. The highest BCUT2D eigenvalue weighted by atomic mass is 19.4. The molecular weight excluding hydrogens is 401 g/mol. The van der Waals surface area contributed by atoms with Crippen molar-refractivity contribution in [1.29, 1.82) is 0 Å². The summed E-state index contributed by atoms with van der Waals surface area (Å²) >= 11 is 0. The minimum Gasteiger partial charge on any atom is -0.322 e. The molecule has 0 bridgehead atoms. The number of nitrogens with zero attached hydrogens (tertiary/aromatic N) is 2. The lowest BCUT2D eigenvalue weighted by Crippen LogP contribution is -2.34. The van der Waals surface area contributed by atoms with Gasteiger partial charge in [-0.25, -0.2) is 5.01 Å². The van der Waals surface area contributed by atoms with Gasteiger partial charge in [0.05, 0.1) is 5.56 Å². The normalized spacial score (nSPS) is 14.2. The molecule has 30 heavy (non-hydrogen) atoms. The standard InChI is InChI=1S/C20H17F3N4O3/c1-27-17(28)9-8-16(26-27)19(30)25-14-6-2-4-12(10-14)18(29)24-15-7-3-5-13(11-15)20(21,22)23/h2-7,10-11H,8-9H2,1H3,(H,24,29)(H,25,30). The molecule has 0 fully saturated rings. The number of alkyl halides is 3. The van der Waals surface area contributed by atoms with E-state index in [1.54, 1.807) is 6.07 Å². The molecular formula is C20H17F3N4O3. The maximum Gasteiger partial charge on any atom is 0.416 e. The molecule has 2 aromatic rings. The minimum atomic E-state index is -4.52. The Labute approximate surface area is 169 Å². The lowest BCUT2D eigenvalue weighted by atomic mass is 10.1. The van der Waals surface area contributed by atoms with Crippen molar-refractivity contribution in [2.24, 2.45) is 5.10 Å². The van der Waals surface area contributed by atoms with Gasteiger partial charge in [0.15, 0.2) is 0 Å². The predicted octanol–water partition coefficient (Wildman–Crippen LogP) is 3.50. The van der Waals surface area contributed by atoms with Gasteiger partial charge in [0.2, 0.25) is 5.91 Å². The number of hydrogen-bond acceptors (Lipinski definition) is 4. The summed E-state index contributed by atoms with van der Waals surface area (Å²) in [6.07, 6.45) is -4.15. The second-order valence-electron chi connectivity index (χ2n) is 6.53. The van der Waals surface area contributed by atoms with E-state index in [1.165, 1.54) is 37.4 Å². The first-order valence-corrected chi connectivity index (χ1v) is 8.87. The average molecular weight is 418 g/mol. The number of benzene rings is 2. The van der Waals surface area contributed by atoms with E-state index in [2.05, 4.69) is 15.7 Å². The zero-order chi connectivity index (χ0) is 21.9. The van der Waals surface area contributed by atoms with Crippen molar-refractivity contribution >= 4 is 34.8 Å². The third-order valence-corrected chi connectivity index (χ3v) is 4.30. The van der Waals surface area contributed by atoms with E-state index in [-0.39, 0.29) is 35.7 Å². The Hall–Kier alpha value is -3.69. The molecule has 0 atom stereocenters. The van der Waals surface area contributed by atoms with Crippen LogP contribution in [0.2, 0.25) is 0 Å². The molecule has 7 nitrogen and oxygen atoms in total. The number of anilines is 2. The van der Waals surface area contributed by atoms with Crippen molar-refractivity contribution in [3.8, 4) is 0 Å². The van der Waals surface area contributed by atoms with Crippen LogP contribution in [0.25, 0.3) is 0 Å². The first-order chi connectivity index (χ1) is 14.1. The van der Waals surface area contributed by atoms with Gasteiger partial charge in [0.1, 0.15) is 5.71 Å². The van der Waals surface area contributed by atoms with Gasteiger partial charge in [-0.1, -0.05) is 12.1 Å². The highest BCUT2D eigenvalue weighted by Gasteiger charge is 2.30. The van der Waals surface area contributed by atoms with E-state index >= 15 is 0 Å². The molecule has 3 rings (SSSR count). The molecule has 1 aliphatic rings. The molecule has 0 aromatic heterocycles. The van der Waals surface area contributed by atoms with Crippen molar-refractivity contribution in [2.45, 2.75) is 19.0 Å². The molecule has 0 spiro atoms. The summed E-state index contributed by atoms with van der Waals surface area (Å²) in [6.45, 7) is 0. The van der Waals surface area contributed by atoms with Crippen LogP contribution in [0.15, 0.2) is 53.6 Å². The van der Waals surface area contributed by atoms with Crippen LogP contribution in [0.5, 0.6) is 0 Å². The monoisotopic (exact) mass is 418 g/mol. The van der Waals surface area contributed by atoms with Crippen LogP contribution in [0, 0.1) is 0 Å². The summed E-state index contributed by atoms with van der Waals surface area (Å²) in [4.78, 5) is 36.2. The minimum absolute atomic E-state index is 0.00599. The molecule has 0 radical (unpaired) electrons. The Bertz CT molecular complexity index is 1030. The van der Waals surface area contributed by atoms with Crippen LogP contribution in [0.1, 0.15) is 28.8 Å². The van der Waals surface area contributed by atoms with Crippen LogP contribution in [0.3, 0.4) is 0 Å². The number of carbonyl (C=O) groups excluding carboxylic acids is 3. The molecule has 10 heteroatoms. The fourth-order valence-electron chi connectivity index (χ4n) is 2.75. The molecule has 0 saturated heterocycles. The Morgan fingerprint density at radius 1 is 0.967 bits per heavy atom. The van der Waals surface area contributed by atoms with Gasteiger partial charge >= 0.3 is 6.18 Å². The number of amides is 3. The van der Waals surface area contributed by atoms with Crippen LogP contribution >= 0.6 is 0 Å². The maximum atomic E-state index is 12.8. The summed E-state index contributed by atoms with van der Waals surface area (Å²) in [6, 6.07) is 10.2. The van der Waals surface area contributed by atoms with Gasteiger partial charge in [0, 0.05) is 36.8 Å². The Morgan fingerprint density at radius 3 is 2.27 bits per heavy atom. The fourth-order valence-corrected chi connectivity index (χ4v) is 2.75. The van der Waals surface area contributed by atoms with Crippen molar-refractivity contribution < 1.29 is 27.6 Å². The van der Waals surface area contributed by atoms with Crippen LogP contribution in [-0.4, -0.2) is 35.5 Å². The molecule has 2 aromatic carbocycles. The average Bonchev–Trinajstić information content (AvgIpc) is 2.69. The van der Waals surface area contributed by atoms with E-state index in [0.717, 1.165) is 17.1 Å². The van der Waals surface area contributed by atoms with E-state index in [9.17, 15) is 27.6 Å². The lowest BCUT2D eigenvalue weighted by molar-refractivity contribution is -0.137. The van der Waals surface area contributed by atoms with Crippen LogP contribution < -0.4 is 10.6 Å². The lowest BCUT2D eigenvalue weighted by Gasteiger charge is -2.19. The zero-order valence-corrected chi connectivity index (χ0v) is 15.8. The second-order valence-corrected chi connectivity index (χ2v) is 6.53. The predicted molar refractivity (Wildman–Crippen MR) is 104 cm³/mol. The highest BCUT2D eigenvalue weighted by Crippen LogP contribution is 2.30. The van der Waals surface area contributed by atoms with Crippen LogP contribution in [-0.2, 0) is 15.8 Å². The molecule has 0 aliphatic carbocycles. The Balaban J connectivity index is 1.71. The van der Waals surface area contributed by atoms with Gasteiger partial charge < -0.3 is 10.6 Å². The number of hydrogen-bond donors (Lipinski definition) is 2. The molecule has 2 N–H and O–H groups in total. The van der Waals surface area contributed by atoms with E-state index in [0.29, 0.717) is 5.69 Å². The number of hydrazone groups is 1. The summed E-state index contributed by atoms with van der Waals surface area (Å²) < 4.78 is 38.5. The molecule has 1 aliphatic heterocycles. The number of carbonyl (C=O) groups is 3. The van der Waals surface area contributed by atoms with Crippen molar-refractivity contribution in [3.63, 3.8) is 0 Å². The van der Waals surface area contributed by atoms with Crippen molar-refractivity contribution in [1.82, 2.24) is 5.01 Å². The second kappa shape index (κ2) is 8.36. The van der Waals surface area contributed by atoms with Crippen LogP contribution in [0.4, 0.5) is 24.5 Å². The molecule has 3 amide bonds. The summed E-state index contributed by atoms with van der Waals surface area (Å²) in [5.74, 6) is -1.34. The first-order valence-electron chi connectivity index (χ1n) is 8.87. The third-order valence-electron chi connectivity index (χ3n) is 4.30. The highest BCUT2D eigenvalue weighted by molar-refractivity contribution is 6.43. The topological polar surface area (TPSA) is 90.9 Å². The van der Waals surface area contributed by atoms with E-state index in [1.807, 2.05) is 0 Å². The first kappa shape index (κ1) is 21.0. The van der Waals surface area contributed by atoms with Crippen molar-refractivity contribution in [2.75, 3.05) is 17.7 Å². The number of halogens is 3. The third kappa shape index (κ3) is 5.02. The van der Waals surface area contributed by atoms with Gasteiger partial charge in [-0.3, -0.25) is 14.4 Å². The van der Waals surface area contributed by atoms with Gasteiger partial charge in [-0.2, -0.15) is 18.3 Å². The van der Waals surface area contributed by atoms with E-state index < -0.39 is 23.6 Å². The van der Waals surface area contributed by atoms with Gasteiger partial charge in [-0.15, -0.1) is 0 Å². The summed E-state index contributed by atoms with van der Waals surface area (Å²) in [5.41, 5.74) is -0.260. The Morgan fingerprint density at radius 2 is 1.60 bits per heavy atom. The Kier molecular flexibility index (Phi) is 5.86. The zero-order valence-electron chi connectivity index (χ0n) is 15.8. The SMILES string of the molecule is CN1N=C(C(=O)Nc2cccc(C(=O)Nc3cccc(C(F)(F)F)c3)c2)CCC1=O. The molecule has 156 valence electrons. The van der Waals surface area contributed by atoms with Gasteiger partial charge in [0.25, 0.3) is 11.8 Å². The summed E-state index contributed by atoms with van der Waals surface area (Å²) in [7, 11) is 1.45. The molecule has 0 saturated carbocycles. The van der Waals surface area contributed by atoms with Gasteiger partial charge in [-0.05, 0) is 36.4 Å². The van der Waals surface area contributed by atoms with E-state index in [4.69, 9.17) is 0 Å². The quantitative estimate of drug-likeness (QED) is 0.796. The maximum absolute atomic E-state index is 12.8. The smallest absolute Gasteiger partial charge is 0.322 e. The fraction of sp³-hybridized carbons (Fsp3) is 0.200. The number of rotatable bonds is 4. The largest absolute Gasteiger partial charge is 0.416 e. The summed E-state index contributed by atoms with van der Waals surface area (Å²) in [5, 5.41) is 10.0. The molecule has 1 heterocycles. The molecule has 0 unspecified atom stereocenters. The van der Waals surface area contributed by atoms with Crippen molar-refractivity contribution in [3.05, 3.63) is 59.7 Å².